The zero-order valence-corrected chi connectivity index (χ0v) is 13.6. The molecule has 25 heavy (non-hydrogen) atoms. The van der Waals surface area contributed by atoms with Crippen molar-refractivity contribution in [2.45, 2.75) is 6.92 Å². The third kappa shape index (κ3) is 4.54. The number of para-hydroxylation sites is 1. The molecule has 0 saturated heterocycles. The lowest BCUT2D eigenvalue weighted by Crippen LogP contribution is -2.21. The predicted octanol–water partition coefficient (Wildman–Crippen LogP) is 2.71. The Morgan fingerprint density at radius 1 is 1.20 bits per heavy atom. The van der Waals surface area contributed by atoms with Crippen molar-refractivity contribution in [3.63, 3.8) is 0 Å². The molecule has 0 saturated carbocycles. The van der Waals surface area contributed by atoms with Crippen LogP contribution in [0.25, 0.3) is 0 Å². The van der Waals surface area contributed by atoms with Crippen LogP contribution in [0.5, 0.6) is 5.75 Å². The van der Waals surface area contributed by atoms with Gasteiger partial charge in [0, 0.05) is 11.6 Å². The number of hydrogen-bond acceptors (Lipinski definition) is 6. The highest BCUT2D eigenvalue weighted by Crippen LogP contribution is 2.23. The predicted molar refractivity (Wildman–Crippen MR) is 89.7 cm³/mol. The topological polar surface area (TPSA) is 108 Å². The van der Waals surface area contributed by atoms with E-state index in [1.807, 2.05) is 0 Å². The molecule has 0 fully saturated rings. The molecule has 0 heterocycles. The summed E-state index contributed by atoms with van der Waals surface area (Å²) in [6, 6.07) is 10.6. The van der Waals surface area contributed by atoms with Crippen molar-refractivity contribution in [2.24, 2.45) is 0 Å². The highest BCUT2D eigenvalue weighted by molar-refractivity contribution is 6.01. The van der Waals surface area contributed by atoms with E-state index in [2.05, 4.69) is 10.1 Å². The first-order valence-corrected chi connectivity index (χ1v) is 7.27. The molecule has 0 aromatic heterocycles. The highest BCUT2D eigenvalue weighted by Gasteiger charge is 2.14. The lowest BCUT2D eigenvalue weighted by Gasteiger charge is -2.10. The Kier molecular flexibility index (Phi) is 5.67. The molecule has 2 aromatic rings. The SMILES string of the molecule is COC(=O)c1ccccc1NC(=O)COc1ccc([N+](=O)[O-])c(C)c1. The smallest absolute Gasteiger partial charge is 0.339 e. The Bertz CT molecular complexity index is 819. The number of nitrogens with zero attached hydrogens (tertiary/aromatic N) is 1. The van der Waals surface area contributed by atoms with E-state index in [0.29, 0.717) is 17.0 Å². The van der Waals surface area contributed by atoms with E-state index in [0.717, 1.165) is 0 Å². The van der Waals surface area contributed by atoms with Gasteiger partial charge in [0.05, 0.1) is 23.3 Å². The number of aryl methyl sites for hydroxylation is 1. The van der Waals surface area contributed by atoms with Crippen LogP contribution in [0, 0.1) is 17.0 Å². The van der Waals surface area contributed by atoms with Gasteiger partial charge in [0.1, 0.15) is 5.75 Å². The van der Waals surface area contributed by atoms with Crippen molar-refractivity contribution in [1.29, 1.82) is 0 Å². The lowest BCUT2D eigenvalue weighted by molar-refractivity contribution is -0.385. The van der Waals surface area contributed by atoms with Crippen molar-refractivity contribution < 1.29 is 24.0 Å². The summed E-state index contributed by atoms with van der Waals surface area (Å²) in [6.07, 6.45) is 0. The van der Waals surface area contributed by atoms with Gasteiger partial charge in [-0.2, -0.15) is 0 Å². The monoisotopic (exact) mass is 344 g/mol. The molecule has 8 heteroatoms. The fourth-order valence-corrected chi connectivity index (χ4v) is 2.14. The quantitative estimate of drug-likeness (QED) is 0.490. The number of carbonyl (C=O) groups excluding carboxylic acids is 2. The van der Waals surface area contributed by atoms with Gasteiger partial charge in [-0.1, -0.05) is 12.1 Å². The molecule has 0 atom stereocenters. The molecule has 0 unspecified atom stereocenters. The largest absolute Gasteiger partial charge is 0.484 e. The molecule has 0 radical (unpaired) electrons. The summed E-state index contributed by atoms with van der Waals surface area (Å²) in [7, 11) is 1.25. The minimum Gasteiger partial charge on any atom is -0.484 e. The van der Waals surface area contributed by atoms with Gasteiger partial charge in [0.2, 0.25) is 0 Å². The van der Waals surface area contributed by atoms with Gasteiger partial charge in [-0.25, -0.2) is 4.79 Å². The number of amides is 1. The normalized spacial score (nSPS) is 10.0. The second-order valence-electron chi connectivity index (χ2n) is 5.08. The lowest BCUT2D eigenvalue weighted by atomic mass is 10.2. The van der Waals surface area contributed by atoms with Crippen molar-refractivity contribution in [1.82, 2.24) is 0 Å². The van der Waals surface area contributed by atoms with E-state index in [1.165, 1.54) is 31.4 Å². The Labute approximate surface area is 143 Å². The van der Waals surface area contributed by atoms with Crippen LogP contribution in [-0.4, -0.2) is 30.5 Å². The molecule has 0 aliphatic carbocycles. The maximum atomic E-state index is 12.0. The third-order valence-electron chi connectivity index (χ3n) is 3.34. The number of methoxy groups -OCH3 is 1. The molecule has 0 bridgehead atoms. The molecule has 1 N–H and O–H groups in total. The minimum absolute atomic E-state index is 0.0243. The standard InChI is InChI=1S/C17H16N2O6/c1-11-9-12(7-8-15(11)19(22)23)25-10-16(20)18-14-6-4-3-5-13(14)17(21)24-2/h3-9H,10H2,1-2H3,(H,18,20). The summed E-state index contributed by atoms with van der Waals surface area (Å²) in [6.45, 7) is 1.27. The number of nitro groups is 1. The zero-order valence-electron chi connectivity index (χ0n) is 13.6. The van der Waals surface area contributed by atoms with Crippen molar-refractivity contribution >= 4 is 23.3 Å². The third-order valence-corrected chi connectivity index (χ3v) is 3.34. The fourth-order valence-electron chi connectivity index (χ4n) is 2.14. The number of anilines is 1. The fraction of sp³-hybridized carbons (Fsp3) is 0.176. The zero-order chi connectivity index (χ0) is 18.4. The molecule has 0 spiro atoms. The number of rotatable bonds is 6. The second kappa shape index (κ2) is 7.91. The van der Waals surface area contributed by atoms with Crippen LogP contribution >= 0.6 is 0 Å². The van der Waals surface area contributed by atoms with Gasteiger partial charge in [-0.05, 0) is 31.2 Å². The maximum absolute atomic E-state index is 12.0. The summed E-state index contributed by atoms with van der Waals surface area (Å²) < 4.78 is 9.99. The maximum Gasteiger partial charge on any atom is 0.339 e. The molecule has 2 aromatic carbocycles. The minimum atomic E-state index is -0.567. The van der Waals surface area contributed by atoms with E-state index in [9.17, 15) is 19.7 Å². The van der Waals surface area contributed by atoms with E-state index in [4.69, 9.17) is 4.74 Å². The first-order chi connectivity index (χ1) is 11.9. The molecular weight excluding hydrogens is 328 g/mol. The average molecular weight is 344 g/mol. The van der Waals surface area contributed by atoms with Gasteiger partial charge < -0.3 is 14.8 Å². The van der Waals surface area contributed by atoms with Crippen LogP contribution in [0.2, 0.25) is 0 Å². The van der Waals surface area contributed by atoms with E-state index < -0.39 is 16.8 Å². The number of nitro benzene ring substituents is 1. The number of nitrogens with one attached hydrogen (secondary N) is 1. The van der Waals surface area contributed by atoms with Crippen molar-refractivity contribution in [3.8, 4) is 5.75 Å². The molecule has 0 aliphatic heterocycles. The Morgan fingerprint density at radius 3 is 2.56 bits per heavy atom. The average Bonchev–Trinajstić information content (AvgIpc) is 2.59. The Morgan fingerprint density at radius 2 is 1.92 bits per heavy atom. The molecule has 1 amide bonds. The first kappa shape index (κ1) is 17.9. The van der Waals surface area contributed by atoms with Crippen molar-refractivity contribution in [3.05, 3.63) is 63.7 Å². The van der Waals surface area contributed by atoms with E-state index in [-0.39, 0.29) is 17.9 Å². The van der Waals surface area contributed by atoms with Crippen LogP contribution in [0.15, 0.2) is 42.5 Å². The number of benzene rings is 2. The number of esters is 1. The van der Waals surface area contributed by atoms with Crippen molar-refractivity contribution in [2.75, 3.05) is 19.0 Å². The molecule has 130 valence electrons. The molecule has 0 aliphatic rings. The van der Waals surface area contributed by atoms with Crippen LogP contribution in [-0.2, 0) is 9.53 Å². The summed E-state index contributed by atoms with van der Waals surface area (Å²) in [5.74, 6) is -0.713. The number of ether oxygens (including phenoxy) is 2. The van der Waals surface area contributed by atoms with Crippen LogP contribution in [0.1, 0.15) is 15.9 Å². The number of hydrogen-bond donors (Lipinski definition) is 1. The van der Waals surface area contributed by atoms with Crippen LogP contribution in [0.3, 0.4) is 0 Å². The van der Waals surface area contributed by atoms with E-state index in [1.54, 1.807) is 25.1 Å². The van der Waals surface area contributed by atoms with Gasteiger partial charge >= 0.3 is 5.97 Å². The molecular formula is C17H16N2O6. The molecule has 8 nitrogen and oxygen atoms in total. The second-order valence-corrected chi connectivity index (χ2v) is 5.08. The van der Waals surface area contributed by atoms with Crippen LogP contribution in [0.4, 0.5) is 11.4 Å². The summed E-state index contributed by atoms with van der Waals surface area (Å²) in [5.41, 5.74) is 0.940. The van der Waals surface area contributed by atoms with Gasteiger partial charge in [0.15, 0.2) is 6.61 Å². The highest BCUT2D eigenvalue weighted by atomic mass is 16.6. The first-order valence-electron chi connectivity index (χ1n) is 7.27. The summed E-state index contributed by atoms with van der Waals surface area (Å²) in [4.78, 5) is 34.0. The summed E-state index contributed by atoms with van der Waals surface area (Å²) >= 11 is 0. The Balaban J connectivity index is 2.01. The van der Waals surface area contributed by atoms with Crippen LogP contribution < -0.4 is 10.1 Å². The Hall–Kier alpha value is -3.42. The van der Waals surface area contributed by atoms with E-state index >= 15 is 0 Å². The van der Waals surface area contributed by atoms with Gasteiger partial charge in [-0.3, -0.25) is 14.9 Å². The summed E-state index contributed by atoms with van der Waals surface area (Å²) in [5, 5.41) is 13.3. The number of carbonyl (C=O) groups is 2. The van der Waals surface area contributed by atoms with Gasteiger partial charge in [0.25, 0.3) is 11.6 Å². The van der Waals surface area contributed by atoms with Gasteiger partial charge in [-0.15, -0.1) is 0 Å². The molecule has 2 rings (SSSR count).